The Balaban J connectivity index is 2.56. The third-order valence-corrected chi connectivity index (χ3v) is 3.34. The minimum absolute atomic E-state index is 0.264. The fraction of sp³-hybridized carbons (Fsp3) is 0.133. The van der Waals surface area contributed by atoms with E-state index < -0.39 is 5.69 Å². The predicted molar refractivity (Wildman–Crippen MR) is 81.7 cm³/mol. The summed E-state index contributed by atoms with van der Waals surface area (Å²) < 4.78 is 2.60. The van der Waals surface area contributed by atoms with Gasteiger partial charge in [0.1, 0.15) is 5.82 Å². The predicted octanol–water partition coefficient (Wildman–Crippen LogP) is 1.15. The van der Waals surface area contributed by atoms with E-state index in [4.69, 9.17) is 5.73 Å². The van der Waals surface area contributed by atoms with Crippen molar-refractivity contribution < 1.29 is 0 Å². The van der Waals surface area contributed by atoms with E-state index in [1.807, 2.05) is 18.2 Å². The molecule has 0 aliphatic carbocycles. The molecule has 0 spiro atoms. The van der Waals surface area contributed by atoms with Gasteiger partial charge in [-0.25, -0.2) is 14.3 Å². The van der Waals surface area contributed by atoms with Crippen molar-refractivity contribution in [2.24, 2.45) is 0 Å². The molecule has 2 heterocycles. The van der Waals surface area contributed by atoms with Crippen LogP contribution in [0.15, 0.2) is 52.1 Å². The normalized spacial score (nSPS) is 10.9. The number of hydrogen-bond donors (Lipinski definition) is 1. The van der Waals surface area contributed by atoms with Crippen molar-refractivity contribution in [3.63, 3.8) is 0 Å². The third kappa shape index (κ3) is 2.01. The van der Waals surface area contributed by atoms with Crippen LogP contribution in [-0.4, -0.2) is 14.1 Å². The van der Waals surface area contributed by atoms with Crippen molar-refractivity contribution in [1.82, 2.24) is 14.1 Å². The van der Waals surface area contributed by atoms with E-state index in [1.165, 1.54) is 9.13 Å². The van der Waals surface area contributed by atoms with Gasteiger partial charge < -0.3 is 5.73 Å². The van der Waals surface area contributed by atoms with Crippen molar-refractivity contribution >= 4 is 16.9 Å². The van der Waals surface area contributed by atoms with Crippen molar-refractivity contribution in [1.29, 1.82) is 0 Å². The number of nitrogens with two attached hydrogens (primary N) is 1. The van der Waals surface area contributed by atoms with Gasteiger partial charge in [0, 0.05) is 6.54 Å². The zero-order valence-electron chi connectivity index (χ0n) is 11.5. The molecule has 3 aromatic rings. The maximum absolute atomic E-state index is 12.6. The van der Waals surface area contributed by atoms with E-state index in [2.05, 4.69) is 4.98 Å². The lowest BCUT2D eigenvalue weighted by Crippen LogP contribution is -2.39. The van der Waals surface area contributed by atoms with Gasteiger partial charge >= 0.3 is 5.69 Å². The summed E-state index contributed by atoms with van der Waals surface area (Å²) in [7, 11) is 0. The Hall–Kier alpha value is -2.89. The highest BCUT2D eigenvalue weighted by atomic mass is 16.2. The molecule has 2 N–H and O–H groups in total. The summed E-state index contributed by atoms with van der Waals surface area (Å²) >= 11 is 0. The van der Waals surface area contributed by atoms with Crippen LogP contribution >= 0.6 is 0 Å². The van der Waals surface area contributed by atoms with E-state index in [-0.39, 0.29) is 17.0 Å². The quantitative estimate of drug-likeness (QED) is 0.764. The lowest BCUT2D eigenvalue weighted by atomic mass is 10.2. The number of benzene rings is 1. The SMILES string of the molecule is CCn1c(=O)c2ccc(N)nc2n(-c2ccccc2)c1=O. The summed E-state index contributed by atoms with van der Waals surface area (Å²) in [6.07, 6.45) is 0. The van der Waals surface area contributed by atoms with Crippen LogP contribution in [0.2, 0.25) is 0 Å². The summed E-state index contributed by atoms with van der Waals surface area (Å²) in [6, 6.07) is 12.2. The molecule has 6 nitrogen and oxygen atoms in total. The molecular formula is C15H14N4O2. The van der Waals surface area contributed by atoms with E-state index >= 15 is 0 Å². The molecule has 0 aliphatic rings. The first-order chi connectivity index (χ1) is 10.1. The number of para-hydroxylation sites is 1. The van der Waals surface area contributed by atoms with Crippen molar-refractivity contribution in [2.75, 3.05) is 5.73 Å². The molecule has 6 heteroatoms. The molecule has 0 saturated heterocycles. The average Bonchev–Trinajstić information content (AvgIpc) is 2.48. The molecule has 0 aliphatic heterocycles. The number of anilines is 1. The lowest BCUT2D eigenvalue weighted by Gasteiger charge is -2.12. The maximum Gasteiger partial charge on any atom is 0.337 e. The van der Waals surface area contributed by atoms with Crippen molar-refractivity contribution in [3.8, 4) is 5.69 Å². The topological polar surface area (TPSA) is 82.9 Å². The molecule has 3 rings (SSSR count). The Kier molecular flexibility index (Phi) is 3.06. The second-order valence-corrected chi connectivity index (χ2v) is 4.61. The Bertz CT molecular complexity index is 926. The van der Waals surface area contributed by atoms with Crippen LogP contribution in [0.3, 0.4) is 0 Å². The van der Waals surface area contributed by atoms with Gasteiger partial charge in [0.05, 0.1) is 11.1 Å². The first-order valence-corrected chi connectivity index (χ1v) is 6.61. The molecule has 0 amide bonds. The Morgan fingerprint density at radius 1 is 1.10 bits per heavy atom. The fourth-order valence-electron chi connectivity index (χ4n) is 2.33. The highest BCUT2D eigenvalue weighted by Gasteiger charge is 2.14. The first-order valence-electron chi connectivity index (χ1n) is 6.61. The molecule has 0 saturated carbocycles. The van der Waals surface area contributed by atoms with Crippen molar-refractivity contribution in [2.45, 2.75) is 13.5 Å². The molecule has 2 aromatic heterocycles. The zero-order chi connectivity index (χ0) is 15.0. The number of nitrogens with zero attached hydrogens (tertiary/aromatic N) is 3. The molecule has 0 fully saturated rings. The molecule has 1 aromatic carbocycles. The largest absolute Gasteiger partial charge is 0.384 e. The van der Waals surface area contributed by atoms with Crippen LogP contribution in [-0.2, 0) is 6.54 Å². The third-order valence-electron chi connectivity index (χ3n) is 3.34. The summed E-state index contributed by atoms with van der Waals surface area (Å²) in [5.74, 6) is 0.264. The molecule has 0 unspecified atom stereocenters. The summed E-state index contributed by atoms with van der Waals surface area (Å²) in [5, 5.41) is 0.370. The number of aromatic nitrogens is 3. The first kappa shape index (κ1) is 13.1. The highest BCUT2D eigenvalue weighted by molar-refractivity contribution is 5.77. The Morgan fingerprint density at radius 3 is 2.48 bits per heavy atom. The molecule has 106 valence electrons. The van der Waals surface area contributed by atoms with Gasteiger partial charge in [0.15, 0.2) is 5.65 Å². The molecule has 0 atom stereocenters. The van der Waals surface area contributed by atoms with Gasteiger partial charge in [-0.2, -0.15) is 0 Å². The Morgan fingerprint density at radius 2 is 1.81 bits per heavy atom. The van der Waals surface area contributed by atoms with Crippen LogP contribution in [0.25, 0.3) is 16.7 Å². The smallest absolute Gasteiger partial charge is 0.337 e. The molecule has 0 radical (unpaired) electrons. The fourth-order valence-corrected chi connectivity index (χ4v) is 2.33. The number of pyridine rings is 1. The van der Waals surface area contributed by atoms with Crippen LogP contribution in [0.4, 0.5) is 5.82 Å². The monoisotopic (exact) mass is 282 g/mol. The summed E-state index contributed by atoms with van der Waals surface area (Å²) in [6.45, 7) is 2.06. The van der Waals surface area contributed by atoms with E-state index in [0.29, 0.717) is 17.6 Å². The van der Waals surface area contributed by atoms with E-state index in [1.54, 1.807) is 31.2 Å². The minimum atomic E-state index is -0.417. The molecule has 0 bridgehead atoms. The lowest BCUT2D eigenvalue weighted by molar-refractivity contribution is 0.659. The van der Waals surface area contributed by atoms with Gasteiger partial charge in [-0.1, -0.05) is 18.2 Å². The van der Waals surface area contributed by atoms with Gasteiger partial charge in [-0.15, -0.1) is 0 Å². The highest BCUT2D eigenvalue weighted by Crippen LogP contribution is 2.13. The minimum Gasteiger partial charge on any atom is -0.384 e. The standard InChI is InChI=1S/C15H14N4O2/c1-2-18-14(20)11-8-9-12(16)17-13(11)19(15(18)21)10-6-4-3-5-7-10/h3-9H,2H2,1H3,(H2,16,17). The van der Waals surface area contributed by atoms with Crippen LogP contribution in [0.1, 0.15) is 6.92 Å². The van der Waals surface area contributed by atoms with Gasteiger partial charge in [0.2, 0.25) is 0 Å². The maximum atomic E-state index is 12.6. The van der Waals surface area contributed by atoms with Gasteiger partial charge in [-0.05, 0) is 31.2 Å². The summed E-state index contributed by atoms with van der Waals surface area (Å²) in [4.78, 5) is 29.1. The number of rotatable bonds is 2. The summed E-state index contributed by atoms with van der Waals surface area (Å²) in [5.41, 5.74) is 5.86. The molecular weight excluding hydrogens is 268 g/mol. The molecule has 21 heavy (non-hydrogen) atoms. The average molecular weight is 282 g/mol. The van der Waals surface area contributed by atoms with Gasteiger partial charge in [0.25, 0.3) is 5.56 Å². The van der Waals surface area contributed by atoms with Gasteiger partial charge in [-0.3, -0.25) is 9.36 Å². The second kappa shape index (κ2) is 4.90. The van der Waals surface area contributed by atoms with E-state index in [0.717, 1.165) is 0 Å². The van der Waals surface area contributed by atoms with Crippen LogP contribution in [0.5, 0.6) is 0 Å². The number of hydrogen-bond acceptors (Lipinski definition) is 4. The number of nitrogen functional groups attached to an aromatic ring is 1. The van der Waals surface area contributed by atoms with E-state index in [9.17, 15) is 9.59 Å². The zero-order valence-corrected chi connectivity index (χ0v) is 11.5. The second-order valence-electron chi connectivity index (χ2n) is 4.61. The number of fused-ring (bicyclic) bond motifs is 1. The Labute approximate surface area is 120 Å². The van der Waals surface area contributed by atoms with Crippen molar-refractivity contribution in [3.05, 3.63) is 63.3 Å². The van der Waals surface area contributed by atoms with Crippen LogP contribution < -0.4 is 17.0 Å². The van der Waals surface area contributed by atoms with Crippen LogP contribution in [0, 0.1) is 0 Å².